The van der Waals surface area contributed by atoms with Crippen molar-refractivity contribution in [1.29, 1.82) is 0 Å². The summed E-state index contributed by atoms with van der Waals surface area (Å²) in [5.74, 6) is -0.611. The van der Waals surface area contributed by atoms with Crippen molar-refractivity contribution in [3.05, 3.63) is 199 Å². The molecule has 2 heterocycles. The van der Waals surface area contributed by atoms with E-state index in [2.05, 4.69) is 53.6 Å². The number of hydrogen-bond donors (Lipinski definition) is 0. The quantitative estimate of drug-likeness (QED) is 0.168. The first-order valence-corrected chi connectivity index (χ1v) is 15.4. The molecule has 4 nitrogen and oxygen atoms in total. The second kappa shape index (κ2) is 11.7. The van der Waals surface area contributed by atoms with Crippen LogP contribution in [0.3, 0.4) is 0 Å². The van der Waals surface area contributed by atoms with Crippen LogP contribution in [0.1, 0.15) is 16.7 Å². The molecule has 0 radical (unpaired) electrons. The summed E-state index contributed by atoms with van der Waals surface area (Å²) in [6, 6.07) is 50.0. The molecule has 0 aliphatic rings. The molecule has 0 atom stereocenters. The van der Waals surface area contributed by atoms with Gasteiger partial charge >= 0.3 is 0 Å². The van der Waals surface area contributed by atoms with E-state index in [4.69, 9.17) is 5.10 Å². The fourth-order valence-electron chi connectivity index (χ4n) is 6.50. The molecule has 0 aliphatic heterocycles. The van der Waals surface area contributed by atoms with Crippen LogP contribution in [-0.2, 0) is 5.54 Å². The van der Waals surface area contributed by atoms with Gasteiger partial charge in [0.15, 0.2) is 0 Å². The molecule has 8 aromatic rings. The minimum atomic E-state index is -0.837. The highest BCUT2D eigenvalue weighted by Crippen LogP contribution is 2.43. The lowest BCUT2D eigenvalue weighted by Crippen LogP contribution is -2.38. The summed E-state index contributed by atoms with van der Waals surface area (Å²) in [6.07, 6.45) is 3.84. The van der Waals surface area contributed by atoms with E-state index in [-0.39, 0.29) is 11.6 Å². The number of halogens is 2. The van der Waals surface area contributed by atoms with Gasteiger partial charge in [-0.3, -0.25) is 9.25 Å². The van der Waals surface area contributed by atoms with Crippen LogP contribution < -0.4 is 0 Å². The van der Waals surface area contributed by atoms with Crippen molar-refractivity contribution in [3.63, 3.8) is 0 Å². The molecular formula is C41H28F2N4. The molecule has 0 amide bonds. The highest BCUT2D eigenvalue weighted by atomic mass is 19.1. The Morgan fingerprint density at radius 1 is 0.532 bits per heavy atom. The van der Waals surface area contributed by atoms with Crippen molar-refractivity contribution in [1.82, 2.24) is 19.3 Å². The molecule has 0 fully saturated rings. The Bertz CT molecular complexity index is 2200. The van der Waals surface area contributed by atoms with Gasteiger partial charge in [0.2, 0.25) is 0 Å². The zero-order chi connectivity index (χ0) is 31.8. The maximum Gasteiger partial charge on any atom is 0.138 e. The molecular weight excluding hydrogens is 586 g/mol. The minimum absolute atomic E-state index is 0.297. The lowest BCUT2D eigenvalue weighted by atomic mass is 9.77. The highest BCUT2D eigenvalue weighted by molar-refractivity contribution is 5.88. The zero-order valence-corrected chi connectivity index (χ0v) is 25.2. The first kappa shape index (κ1) is 28.3. The average molecular weight is 615 g/mol. The molecule has 0 saturated carbocycles. The molecule has 6 aromatic carbocycles. The Kier molecular flexibility index (Phi) is 7.03. The van der Waals surface area contributed by atoms with Crippen LogP contribution in [0, 0.1) is 11.6 Å². The molecule has 0 N–H and O–H groups in total. The Balaban J connectivity index is 1.42. The number of nitrogens with zero attached hydrogens (tertiary/aromatic N) is 4. The maximum atomic E-state index is 14.2. The van der Waals surface area contributed by atoms with Gasteiger partial charge in [0.05, 0.1) is 11.0 Å². The third-order valence-corrected chi connectivity index (χ3v) is 8.71. The van der Waals surface area contributed by atoms with Crippen LogP contribution >= 0.6 is 0 Å². The Labute approximate surface area is 270 Å². The SMILES string of the molecule is Fc1ccc(-c2nn(C(c3ccccc3)(c3ccccc3)c3ccccc3)cc2-c2ccc3ncn(-c4ccc(F)cc4)c3c2)cc1. The van der Waals surface area contributed by atoms with Gasteiger partial charge in [-0.1, -0.05) is 97.1 Å². The number of hydrogen-bond acceptors (Lipinski definition) is 2. The van der Waals surface area contributed by atoms with Crippen LogP contribution in [0.25, 0.3) is 39.1 Å². The van der Waals surface area contributed by atoms with Crippen LogP contribution in [-0.4, -0.2) is 19.3 Å². The van der Waals surface area contributed by atoms with E-state index < -0.39 is 5.54 Å². The third kappa shape index (κ3) is 4.91. The fraction of sp³-hybridized carbons (Fsp3) is 0.0244. The summed E-state index contributed by atoms with van der Waals surface area (Å²) in [5.41, 5.74) is 8.06. The predicted octanol–water partition coefficient (Wildman–Crippen LogP) is 9.67. The molecule has 47 heavy (non-hydrogen) atoms. The standard InChI is InChI=1S/C41H28F2N4/c42-34-19-16-29(17-20-34)40-37(30-18-25-38-39(26-30)46(28-44-38)36-23-21-35(43)22-24-36)27-47(45-40)41(31-10-4-1-5-11-31,32-12-6-2-7-13-32)33-14-8-3-9-15-33/h1-28H. The zero-order valence-electron chi connectivity index (χ0n) is 25.2. The van der Waals surface area contributed by atoms with Crippen molar-refractivity contribution < 1.29 is 8.78 Å². The van der Waals surface area contributed by atoms with Gasteiger partial charge in [-0.25, -0.2) is 13.8 Å². The normalized spacial score (nSPS) is 11.6. The summed E-state index contributed by atoms with van der Waals surface area (Å²) in [7, 11) is 0. The molecule has 0 bridgehead atoms. The van der Waals surface area contributed by atoms with Crippen molar-refractivity contribution in [2.24, 2.45) is 0 Å². The molecule has 226 valence electrons. The molecule has 0 unspecified atom stereocenters. The molecule has 6 heteroatoms. The second-order valence-corrected chi connectivity index (χ2v) is 11.4. The van der Waals surface area contributed by atoms with E-state index >= 15 is 0 Å². The van der Waals surface area contributed by atoms with Crippen LogP contribution in [0.2, 0.25) is 0 Å². The van der Waals surface area contributed by atoms with Crippen molar-refractivity contribution in [2.75, 3.05) is 0 Å². The lowest BCUT2D eigenvalue weighted by molar-refractivity contribution is 0.461. The Hall–Kier alpha value is -6.14. The Morgan fingerprint density at radius 2 is 1.04 bits per heavy atom. The minimum Gasteiger partial charge on any atom is -0.299 e. The fourth-order valence-corrected chi connectivity index (χ4v) is 6.50. The average Bonchev–Trinajstić information content (AvgIpc) is 3.76. The van der Waals surface area contributed by atoms with Gasteiger partial charge in [0.1, 0.15) is 29.2 Å². The van der Waals surface area contributed by atoms with E-state index in [9.17, 15) is 8.78 Å². The molecule has 0 saturated heterocycles. The number of benzene rings is 6. The van der Waals surface area contributed by atoms with Gasteiger partial charge < -0.3 is 0 Å². The molecule has 0 spiro atoms. The first-order chi connectivity index (χ1) is 23.1. The van der Waals surface area contributed by atoms with E-state index in [0.29, 0.717) is 5.69 Å². The largest absolute Gasteiger partial charge is 0.299 e. The first-order valence-electron chi connectivity index (χ1n) is 15.4. The van der Waals surface area contributed by atoms with E-state index in [1.807, 2.05) is 76.0 Å². The second-order valence-electron chi connectivity index (χ2n) is 11.4. The van der Waals surface area contributed by atoms with Crippen molar-refractivity contribution in [2.45, 2.75) is 5.54 Å². The number of fused-ring (bicyclic) bond motifs is 1. The van der Waals surface area contributed by atoms with Gasteiger partial charge in [-0.2, -0.15) is 5.10 Å². The maximum absolute atomic E-state index is 14.2. The monoisotopic (exact) mass is 614 g/mol. The topological polar surface area (TPSA) is 35.6 Å². The van der Waals surface area contributed by atoms with E-state index in [1.165, 1.54) is 24.3 Å². The Morgan fingerprint density at radius 3 is 1.60 bits per heavy atom. The van der Waals surface area contributed by atoms with Gasteiger partial charge in [-0.05, 0) is 82.9 Å². The van der Waals surface area contributed by atoms with Crippen molar-refractivity contribution in [3.8, 4) is 28.1 Å². The molecule has 8 rings (SSSR count). The van der Waals surface area contributed by atoms with Gasteiger partial charge in [0, 0.05) is 23.0 Å². The highest BCUT2D eigenvalue weighted by Gasteiger charge is 2.40. The summed E-state index contributed by atoms with van der Waals surface area (Å²) in [4.78, 5) is 4.61. The van der Waals surface area contributed by atoms with E-state index in [1.54, 1.807) is 30.6 Å². The summed E-state index contributed by atoms with van der Waals surface area (Å²) >= 11 is 0. The lowest BCUT2D eigenvalue weighted by Gasteiger charge is -2.36. The number of rotatable bonds is 7. The van der Waals surface area contributed by atoms with Gasteiger partial charge in [-0.15, -0.1) is 0 Å². The summed E-state index contributed by atoms with van der Waals surface area (Å²) in [6.45, 7) is 0. The van der Waals surface area contributed by atoms with Gasteiger partial charge in [0.25, 0.3) is 0 Å². The predicted molar refractivity (Wildman–Crippen MR) is 182 cm³/mol. The van der Waals surface area contributed by atoms with Crippen LogP contribution in [0.5, 0.6) is 0 Å². The van der Waals surface area contributed by atoms with E-state index in [0.717, 1.165) is 50.1 Å². The van der Waals surface area contributed by atoms with Crippen molar-refractivity contribution >= 4 is 11.0 Å². The molecule has 2 aromatic heterocycles. The van der Waals surface area contributed by atoms with Crippen LogP contribution in [0.4, 0.5) is 8.78 Å². The number of imidazole rings is 1. The summed E-state index contributed by atoms with van der Waals surface area (Å²) < 4.78 is 32.0. The van der Waals surface area contributed by atoms with Crippen LogP contribution in [0.15, 0.2) is 170 Å². The molecule has 0 aliphatic carbocycles. The smallest absolute Gasteiger partial charge is 0.138 e. The third-order valence-electron chi connectivity index (χ3n) is 8.71. The number of aromatic nitrogens is 4. The summed E-state index contributed by atoms with van der Waals surface area (Å²) in [5, 5.41) is 5.38.